The largest absolute Gasteiger partial charge is 0.480 e. The molecule has 3 nitrogen and oxygen atoms in total. The van der Waals surface area contributed by atoms with E-state index in [1.165, 1.54) is 0 Å². The van der Waals surface area contributed by atoms with Gasteiger partial charge in [-0.3, -0.25) is 9.69 Å². The van der Waals surface area contributed by atoms with E-state index in [2.05, 4.69) is 31.9 Å². The van der Waals surface area contributed by atoms with Crippen molar-refractivity contribution in [2.24, 2.45) is 0 Å². The summed E-state index contributed by atoms with van der Waals surface area (Å²) in [6.45, 7) is 6.73. The van der Waals surface area contributed by atoms with Gasteiger partial charge in [0.25, 0.3) is 0 Å². The molecule has 0 aromatic heterocycles. The van der Waals surface area contributed by atoms with E-state index in [1.54, 1.807) is 13.8 Å². The highest BCUT2D eigenvalue weighted by molar-refractivity contribution is 9.13. The Bertz CT molecular complexity index is 447. The minimum absolute atomic E-state index is 0.613. The number of halogens is 2. The van der Waals surface area contributed by atoms with Gasteiger partial charge in [0.15, 0.2) is 0 Å². The Morgan fingerprint density at radius 1 is 1.33 bits per heavy atom. The summed E-state index contributed by atoms with van der Waals surface area (Å²) in [7, 11) is 0. The number of aliphatic carboxylic acids is 1. The van der Waals surface area contributed by atoms with Gasteiger partial charge in [-0.2, -0.15) is 0 Å². The molecule has 1 rings (SSSR count). The van der Waals surface area contributed by atoms with Crippen molar-refractivity contribution >= 4 is 37.8 Å². The van der Waals surface area contributed by atoms with Crippen molar-refractivity contribution in [3.63, 3.8) is 0 Å². The molecular weight excluding hydrogens is 362 g/mol. The summed E-state index contributed by atoms with van der Waals surface area (Å²) in [4.78, 5) is 13.2. The maximum Gasteiger partial charge on any atom is 0.323 e. The summed E-state index contributed by atoms with van der Waals surface area (Å²) in [5.74, 6) is -0.805. The molecule has 0 heterocycles. The zero-order valence-electron chi connectivity index (χ0n) is 10.7. The monoisotopic (exact) mass is 377 g/mol. The van der Waals surface area contributed by atoms with Gasteiger partial charge in [-0.05, 0) is 69.9 Å². The van der Waals surface area contributed by atoms with Crippen molar-refractivity contribution in [3.8, 4) is 0 Å². The molecule has 0 bridgehead atoms. The first kappa shape index (κ1) is 15.7. The molecule has 0 atom stereocenters. The van der Waals surface area contributed by atoms with Crippen LogP contribution < -0.4 is 0 Å². The molecule has 1 aromatic rings. The minimum atomic E-state index is -0.867. The Balaban J connectivity index is 2.93. The SMILES string of the molecule is CCN(Cc1ccc(Br)c(Br)c1)C(C)(C)C(=O)O. The summed E-state index contributed by atoms with van der Waals surface area (Å²) in [6.07, 6.45) is 0. The molecule has 1 aromatic carbocycles. The fourth-order valence-electron chi connectivity index (χ4n) is 1.70. The van der Waals surface area contributed by atoms with Crippen LogP contribution in [0.5, 0.6) is 0 Å². The van der Waals surface area contributed by atoms with Crippen LogP contribution in [0.1, 0.15) is 26.3 Å². The maximum absolute atomic E-state index is 11.3. The predicted octanol–water partition coefficient (Wildman–Crippen LogP) is 3.90. The zero-order chi connectivity index (χ0) is 13.9. The first-order chi connectivity index (χ1) is 8.28. The standard InChI is InChI=1S/C13H17Br2NO2/c1-4-16(13(2,3)12(17)18)8-9-5-6-10(14)11(15)7-9/h5-7H,4,8H2,1-3H3,(H,17,18). The second-order valence-electron chi connectivity index (χ2n) is 4.63. The molecule has 0 aliphatic heterocycles. The van der Waals surface area contributed by atoms with E-state index in [1.807, 2.05) is 30.0 Å². The van der Waals surface area contributed by atoms with Gasteiger partial charge in [0.2, 0.25) is 0 Å². The molecule has 0 unspecified atom stereocenters. The molecule has 5 heteroatoms. The summed E-state index contributed by atoms with van der Waals surface area (Å²) >= 11 is 6.88. The number of hydrogen-bond donors (Lipinski definition) is 1. The average molecular weight is 379 g/mol. The third-order valence-corrected chi connectivity index (χ3v) is 4.93. The molecule has 0 aliphatic carbocycles. The summed E-state index contributed by atoms with van der Waals surface area (Å²) in [6, 6.07) is 5.96. The number of benzene rings is 1. The average Bonchev–Trinajstić information content (AvgIpc) is 2.30. The molecule has 0 saturated carbocycles. The lowest BCUT2D eigenvalue weighted by atomic mass is 10.0. The lowest BCUT2D eigenvalue weighted by Crippen LogP contribution is -2.49. The zero-order valence-corrected chi connectivity index (χ0v) is 13.9. The van der Waals surface area contributed by atoms with E-state index < -0.39 is 11.5 Å². The molecule has 0 fully saturated rings. The number of rotatable bonds is 5. The number of carboxylic acid groups (broad SMARTS) is 1. The van der Waals surface area contributed by atoms with E-state index in [0.717, 1.165) is 14.5 Å². The smallest absolute Gasteiger partial charge is 0.323 e. The van der Waals surface area contributed by atoms with Crippen LogP contribution in [-0.2, 0) is 11.3 Å². The van der Waals surface area contributed by atoms with Crippen LogP contribution in [-0.4, -0.2) is 28.1 Å². The van der Waals surface area contributed by atoms with Gasteiger partial charge in [0.05, 0.1) is 0 Å². The highest BCUT2D eigenvalue weighted by Gasteiger charge is 2.33. The summed E-state index contributed by atoms with van der Waals surface area (Å²) < 4.78 is 1.97. The Kier molecular flexibility index (Phi) is 5.37. The first-order valence-corrected chi connectivity index (χ1v) is 7.30. The lowest BCUT2D eigenvalue weighted by molar-refractivity contribution is -0.149. The van der Waals surface area contributed by atoms with Gasteiger partial charge in [0, 0.05) is 15.5 Å². The van der Waals surface area contributed by atoms with E-state index in [9.17, 15) is 9.90 Å². The normalized spacial score (nSPS) is 11.9. The van der Waals surface area contributed by atoms with Crippen molar-refractivity contribution < 1.29 is 9.90 Å². The Hall–Kier alpha value is -0.390. The fourth-order valence-corrected chi connectivity index (χ4v) is 2.37. The first-order valence-electron chi connectivity index (χ1n) is 5.71. The van der Waals surface area contributed by atoms with E-state index >= 15 is 0 Å². The summed E-state index contributed by atoms with van der Waals surface area (Å²) in [5.41, 5.74) is 0.218. The van der Waals surface area contributed by atoms with Gasteiger partial charge in [-0.25, -0.2) is 0 Å². The quantitative estimate of drug-likeness (QED) is 0.844. The van der Waals surface area contributed by atoms with E-state index in [-0.39, 0.29) is 0 Å². The van der Waals surface area contributed by atoms with Gasteiger partial charge < -0.3 is 5.11 Å². The molecule has 0 saturated heterocycles. The second-order valence-corrected chi connectivity index (χ2v) is 6.34. The van der Waals surface area contributed by atoms with Crippen LogP contribution in [0.25, 0.3) is 0 Å². The molecule has 1 N–H and O–H groups in total. The molecule has 0 amide bonds. The van der Waals surface area contributed by atoms with Crippen LogP contribution in [0.3, 0.4) is 0 Å². The van der Waals surface area contributed by atoms with Crippen LogP contribution in [0.15, 0.2) is 27.1 Å². The van der Waals surface area contributed by atoms with Crippen LogP contribution in [0.2, 0.25) is 0 Å². The number of carboxylic acids is 1. The van der Waals surface area contributed by atoms with Crippen molar-refractivity contribution in [1.82, 2.24) is 4.90 Å². The molecule has 0 aliphatic rings. The maximum atomic E-state index is 11.3. The van der Waals surface area contributed by atoms with Crippen molar-refractivity contribution in [2.75, 3.05) is 6.54 Å². The lowest BCUT2D eigenvalue weighted by Gasteiger charge is -2.34. The van der Waals surface area contributed by atoms with E-state index in [4.69, 9.17) is 0 Å². The van der Waals surface area contributed by atoms with Crippen LogP contribution in [0, 0.1) is 0 Å². The predicted molar refractivity (Wildman–Crippen MR) is 79.6 cm³/mol. The second kappa shape index (κ2) is 6.17. The number of carbonyl (C=O) groups is 1. The third-order valence-electron chi connectivity index (χ3n) is 3.05. The van der Waals surface area contributed by atoms with Crippen molar-refractivity contribution in [3.05, 3.63) is 32.7 Å². The molecule has 0 radical (unpaired) electrons. The van der Waals surface area contributed by atoms with Gasteiger partial charge >= 0.3 is 5.97 Å². The Morgan fingerprint density at radius 3 is 2.39 bits per heavy atom. The van der Waals surface area contributed by atoms with Crippen LogP contribution >= 0.6 is 31.9 Å². The molecule has 100 valence electrons. The van der Waals surface area contributed by atoms with Crippen molar-refractivity contribution in [1.29, 1.82) is 0 Å². The Morgan fingerprint density at radius 2 is 1.94 bits per heavy atom. The molecular formula is C13H17Br2NO2. The highest BCUT2D eigenvalue weighted by atomic mass is 79.9. The molecule has 18 heavy (non-hydrogen) atoms. The highest BCUT2D eigenvalue weighted by Crippen LogP contribution is 2.26. The number of likely N-dealkylation sites (N-methyl/N-ethyl adjacent to an activating group) is 1. The fraction of sp³-hybridized carbons (Fsp3) is 0.462. The van der Waals surface area contributed by atoms with Gasteiger partial charge in [0.1, 0.15) is 5.54 Å². The topological polar surface area (TPSA) is 40.5 Å². The number of nitrogens with zero attached hydrogens (tertiary/aromatic N) is 1. The van der Waals surface area contributed by atoms with Crippen molar-refractivity contribution in [2.45, 2.75) is 32.9 Å². The summed E-state index contributed by atoms with van der Waals surface area (Å²) in [5, 5.41) is 9.26. The minimum Gasteiger partial charge on any atom is -0.480 e. The Labute approximate surface area is 124 Å². The third kappa shape index (κ3) is 3.56. The molecule has 0 spiro atoms. The van der Waals surface area contributed by atoms with Gasteiger partial charge in [-0.1, -0.05) is 13.0 Å². The van der Waals surface area contributed by atoms with Crippen LogP contribution in [0.4, 0.5) is 0 Å². The number of hydrogen-bond acceptors (Lipinski definition) is 2. The van der Waals surface area contributed by atoms with Gasteiger partial charge in [-0.15, -0.1) is 0 Å². The van der Waals surface area contributed by atoms with E-state index in [0.29, 0.717) is 13.1 Å².